The Hall–Kier alpha value is -0.409. The van der Waals surface area contributed by atoms with E-state index in [0.717, 1.165) is 6.04 Å². The van der Waals surface area contributed by atoms with Gasteiger partial charge >= 0.3 is 195 Å². The molecule has 1 unspecified atom stereocenters. The summed E-state index contributed by atoms with van der Waals surface area (Å²) < 4.78 is 3.38. The Morgan fingerprint density at radius 1 is 0.867 bits per heavy atom. The molecule has 1 atom stereocenters. The van der Waals surface area contributed by atoms with Crippen LogP contribution in [0.5, 0.6) is 0 Å². The molecule has 3 rings (SSSR count). The maximum atomic E-state index is 3.03. The van der Waals surface area contributed by atoms with Gasteiger partial charge in [0.05, 0.1) is 0 Å². The van der Waals surface area contributed by atoms with Crippen LogP contribution in [-0.2, 0) is 17.4 Å². The van der Waals surface area contributed by atoms with Gasteiger partial charge in [-0.2, -0.15) is 0 Å². The molecule has 0 heterocycles. The van der Waals surface area contributed by atoms with Crippen LogP contribution in [0.15, 0.2) is 53.1 Å². The Kier molecular flexibility index (Phi) is 9.25. The molecular weight excluding hydrogens is 414 g/mol. The second-order valence-corrected chi connectivity index (χ2v) is 19.8. The molecule has 30 heavy (non-hydrogen) atoms. The first-order valence-electron chi connectivity index (χ1n) is 12.4. The van der Waals surface area contributed by atoms with Gasteiger partial charge in [-0.1, -0.05) is 0 Å². The molecule has 1 aromatic rings. The van der Waals surface area contributed by atoms with Crippen LogP contribution in [0, 0.1) is 0 Å². The van der Waals surface area contributed by atoms with Crippen molar-refractivity contribution in [3.63, 3.8) is 0 Å². The summed E-state index contributed by atoms with van der Waals surface area (Å²) in [7, 11) is 2.26. The molecule has 1 aromatic carbocycles. The van der Waals surface area contributed by atoms with Gasteiger partial charge in [-0.05, 0) is 0 Å². The Morgan fingerprint density at radius 2 is 1.40 bits per heavy atom. The van der Waals surface area contributed by atoms with Crippen LogP contribution in [0.3, 0.4) is 0 Å². The van der Waals surface area contributed by atoms with Crippen LogP contribution >= 0.6 is 0 Å². The fourth-order valence-corrected chi connectivity index (χ4v) is 19.4. The van der Waals surface area contributed by atoms with Gasteiger partial charge < -0.3 is 0 Å². The minimum absolute atomic E-state index is 0.282. The van der Waals surface area contributed by atoms with Crippen LogP contribution < -0.4 is 5.19 Å². The van der Waals surface area contributed by atoms with Crippen molar-refractivity contribution >= 4 is 12.6 Å². The van der Waals surface area contributed by atoms with Gasteiger partial charge in [0.1, 0.15) is 0 Å². The number of rotatable bonds is 5. The summed E-state index contributed by atoms with van der Waals surface area (Å²) in [5.74, 6) is 0. The quantitative estimate of drug-likeness (QED) is 0.448. The SMILES string of the molecule is CC1=C[C](C)([Ti]([SiH2]c2ccccc2)[N](C)C2CCCCCCCCCC2)C(C)=C1C. The van der Waals surface area contributed by atoms with E-state index in [1.807, 2.05) is 0 Å². The summed E-state index contributed by atoms with van der Waals surface area (Å²) in [6.07, 6.45) is 17.2. The van der Waals surface area contributed by atoms with Gasteiger partial charge in [-0.3, -0.25) is 0 Å². The predicted molar refractivity (Wildman–Crippen MR) is 133 cm³/mol. The standard InChI is InChI=1S/C12H24N.C9H13.C6H7Si.Ti/c1-13-12-10-8-6-4-2-3-5-7-9-11-12;1-6-5-7(2)9(4)8(6)3;7-6-4-2-1-3-5-6;/h12H,2-11H2,1H3;5H,1-4H3;1-5H,7H2;/q-1;;;+1. The number of allylic oxidation sites excluding steroid dienone is 4. The van der Waals surface area contributed by atoms with Crippen molar-refractivity contribution in [3.05, 3.63) is 53.1 Å². The molecule has 165 valence electrons. The van der Waals surface area contributed by atoms with Gasteiger partial charge in [-0.25, -0.2) is 0 Å². The predicted octanol–water partition coefficient (Wildman–Crippen LogP) is 6.62. The molecule has 1 nitrogen and oxygen atoms in total. The molecule has 2 aliphatic rings. The molecule has 0 spiro atoms. The Balaban J connectivity index is 1.88. The van der Waals surface area contributed by atoms with E-state index in [1.165, 1.54) is 69.8 Å². The summed E-state index contributed by atoms with van der Waals surface area (Å²) in [6, 6.07) is 12.4. The summed E-state index contributed by atoms with van der Waals surface area (Å²) in [6.45, 7) is 9.76. The fraction of sp³-hybridized carbons (Fsp3) is 0.630. The average Bonchev–Trinajstić information content (AvgIpc) is 2.93. The summed E-state index contributed by atoms with van der Waals surface area (Å²) in [5, 5.41) is 1.68. The molecule has 0 amide bonds. The first-order valence-corrected chi connectivity index (χ1v) is 18.6. The number of hydrogen-bond acceptors (Lipinski definition) is 1. The van der Waals surface area contributed by atoms with Crippen LogP contribution in [0.2, 0.25) is 3.72 Å². The topological polar surface area (TPSA) is 3.24 Å². The van der Waals surface area contributed by atoms with E-state index in [9.17, 15) is 0 Å². The zero-order valence-corrected chi connectivity index (χ0v) is 23.2. The molecule has 3 heteroatoms. The van der Waals surface area contributed by atoms with Crippen LogP contribution in [0.25, 0.3) is 0 Å². The normalized spacial score (nSPS) is 25.1. The molecule has 0 saturated heterocycles. The van der Waals surface area contributed by atoms with Crippen LogP contribution in [0.1, 0.15) is 91.9 Å². The van der Waals surface area contributed by atoms with Crippen molar-refractivity contribution in [1.82, 2.24) is 3.38 Å². The summed E-state index contributed by atoms with van der Waals surface area (Å²) >= 11 is -1.53. The molecular formula is C27H44NSiTi. The van der Waals surface area contributed by atoms with Crippen LogP contribution in [-0.4, -0.2) is 23.9 Å². The van der Waals surface area contributed by atoms with E-state index in [1.54, 1.807) is 16.3 Å². The van der Waals surface area contributed by atoms with Crippen molar-refractivity contribution in [1.29, 1.82) is 0 Å². The van der Waals surface area contributed by atoms with Crippen LogP contribution in [0.4, 0.5) is 0 Å². The Bertz CT molecular complexity index is 728. The first kappa shape index (κ1) is 24.2. The third-order valence-corrected chi connectivity index (χ3v) is 22.4. The monoisotopic (exact) mass is 458 g/mol. The Morgan fingerprint density at radius 3 is 1.90 bits per heavy atom. The van der Waals surface area contributed by atoms with Gasteiger partial charge in [0.25, 0.3) is 0 Å². The van der Waals surface area contributed by atoms with Crippen molar-refractivity contribution in [3.8, 4) is 0 Å². The molecule has 0 radical (unpaired) electrons. The van der Waals surface area contributed by atoms with Gasteiger partial charge in [-0.15, -0.1) is 0 Å². The van der Waals surface area contributed by atoms with E-state index in [4.69, 9.17) is 0 Å². The van der Waals surface area contributed by atoms with E-state index >= 15 is 0 Å². The molecule has 0 aliphatic heterocycles. The first-order chi connectivity index (χ1) is 14.4. The van der Waals surface area contributed by atoms with E-state index in [2.05, 4.69) is 74.5 Å². The van der Waals surface area contributed by atoms with E-state index in [-0.39, 0.29) is 7.39 Å². The third kappa shape index (κ3) is 5.88. The summed E-state index contributed by atoms with van der Waals surface area (Å²) in [5.41, 5.74) is 4.79. The van der Waals surface area contributed by atoms with Gasteiger partial charge in [0.15, 0.2) is 0 Å². The molecule has 0 aromatic heterocycles. The van der Waals surface area contributed by atoms with Crippen molar-refractivity contribution in [2.75, 3.05) is 7.05 Å². The maximum absolute atomic E-state index is 3.03. The van der Waals surface area contributed by atoms with Gasteiger partial charge in [0.2, 0.25) is 0 Å². The average molecular weight is 459 g/mol. The molecule has 1 saturated carbocycles. The molecule has 2 aliphatic carbocycles. The molecule has 0 N–H and O–H groups in total. The van der Waals surface area contributed by atoms with E-state index in [0.29, 0.717) is 3.72 Å². The van der Waals surface area contributed by atoms with Crippen molar-refractivity contribution in [2.24, 2.45) is 0 Å². The number of nitrogens with zero attached hydrogens (tertiary/aromatic N) is 1. The third-order valence-electron chi connectivity index (χ3n) is 8.05. The number of benzene rings is 1. The second-order valence-electron chi connectivity index (χ2n) is 10.1. The zero-order chi connectivity index (χ0) is 21.6. The number of hydrogen-bond donors (Lipinski definition) is 0. The molecule has 1 fully saturated rings. The summed E-state index contributed by atoms with van der Waals surface area (Å²) in [4.78, 5) is 0. The van der Waals surface area contributed by atoms with Crippen molar-refractivity contribution < 1.29 is 17.4 Å². The van der Waals surface area contributed by atoms with Crippen molar-refractivity contribution in [2.45, 2.75) is 102 Å². The van der Waals surface area contributed by atoms with Gasteiger partial charge in [0, 0.05) is 0 Å². The second kappa shape index (κ2) is 11.5. The zero-order valence-electron chi connectivity index (χ0n) is 20.3. The van der Waals surface area contributed by atoms with E-state index < -0.39 is 17.4 Å². The Labute approximate surface area is 194 Å². The molecule has 0 bridgehead atoms. The minimum atomic E-state index is -1.53. The fourth-order valence-electron chi connectivity index (χ4n) is 5.67.